The van der Waals surface area contributed by atoms with Crippen LogP contribution in [0.4, 0.5) is 8.78 Å². The smallest absolute Gasteiger partial charge is 0.254 e. The first-order valence-electron chi connectivity index (χ1n) is 9.50. The Hall–Kier alpha value is -3.29. The molecule has 3 aromatic rings. The molecule has 0 aliphatic carbocycles. The lowest BCUT2D eigenvalue weighted by Crippen LogP contribution is -2.34. The van der Waals surface area contributed by atoms with E-state index in [4.69, 9.17) is 0 Å². The molecule has 6 nitrogen and oxygen atoms in total. The molecule has 2 N–H and O–H groups in total. The zero-order valence-electron chi connectivity index (χ0n) is 15.6. The number of aromatic nitrogens is 2. The number of H-pyrrole nitrogens is 1. The molecule has 29 heavy (non-hydrogen) atoms. The monoisotopic (exact) mass is 398 g/mol. The van der Waals surface area contributed by atoms with E-state index in [0.717, 1.165) is 41.8 Å². The number of para-hydroxylation sites is 2. The second kappa shape index (κ2) is 7.98. The van der Waals surface area contributed by atoms with E-state index in [2.05, 4.69) is 15.3 Å². The summed E-state index contributed by atoms with van der Waals surface area (Å²) < 4.78 is 26.6. The number of likely N-dealkylation sites (tertiary alicyclic amines) is 1. The molecule has 1 unspecified atom stereocenters. The third-order valence-corrected chi connectivity index (χ3v) is 5.10. The largest absolute Gasteiger partial charge is 0.351 e. The quantitative estimate of drug-likeness (QED) is 0.692. The molecule has 1 fully saturated rings. The number of imidazole rings is 1. The van der Waals surface area contributed by atoms with Crippen molar-refractivity contribution in [1.29, 1.82) is 0 Å². The van der Waals surface area contributed by atoms with Crippen molar-refractivity contribution in [3.05, 3.63) is 65.5 Å². The van der Waals surface area contributed by atoms with E-state index in [1.807, 2.05) is 24.3 Å². The summed E-state index contributed by atoms with van der Waals surface area (Å²) in [5, 5.41) is 2.52. The van der Waals surface area contributed by atoms with Crippen molar-refractivity contribution in [2.45, 2.75) is 25.3 Å². The molecule has 1 atom stereocenters. The number of nitrogens with zero attached hydrogens (tertiary/aromatic N) is 2. The maximum Gasteiger partial charge on any atom is 0.254 e. The molecule has 1 saturated heterocycles. The number of benzene rings is 2. The summed E-state index contributed by atoms with van der Waals surface area (Å²) in [6.07, 6.45) is 1.78. The van der Waals surface area contributed by atoms with Crippen molar-refractivity contribution in [2.75, 3.05) is 13.1 Å². The van der Waals surface area contributed by atoms with Crippen LogP contribution in [0.3, 0.4) is 0 Å². The Morgan fingerprint density at radius 3 is 2.83 bits per heavy atom. The van der Waals surface area contributed by atoms with Crippen molar-refractivity contribution in [2.24, 2.45) is 0 Å². The van der Waals surface area contributed by atoms with Crippen molar-refractivity contribution >= 4 is 22.8 Å². The standard InChI is InChI=1S/C21H20F2N4O2/c22-13-7-8-14(15(23)12-13)21(29)24-10-9-19(28)27-11-3-6-18(27)20-25-16-4-1-2-5-17(16)26-20/h1-2,4-5,7-8,12,18H,3,6,9-11H2,(H,24,29)(H,25,26). The molecule has 0 spiro atoms. The number of carbonyl (C=O) groups is 2. The van der Waals surface area contributed by atoms with Crippen LogP contribution < -0.4 is 5.32 Å². The lowest BCUT2D eigenvalue weighted by Gasteiger charge is -2.23. The van der Waals surface area contributed by atoms with Crippen LogP contribution in [0.1, 0.15) is 41.5 Å². The van der Waals surface area contributed by atoms with Gasteiger partial charge in [-0.15, -0.1) is 0 Å². The summed E-state index contributed by atoms with van der Waals surface area (Å²) in [6, 6.07) is 10.3. The van der Waals surface area contributed by atoms with Gasteiger partial charge in [0.05, 0.1) is 22.6 Å². The molecule has 0 radical (unpaired) electrons. The van der Waals surface area contributed by atoms with Crippen molar-refractivity contribution in [3.63, 3.8) is 0 Å². The minimum Gasteiger partial charge on any atom is -0.351 e. The van der Waals surface area contributed by atoms with Crippen LogP contribution in [0, 0.1) is 11.6 Å². The highest BCUT2D eigenvalue weighted by molar-refractivity contribution is 5.94. The molecule has 1 aliphatic rings. The van der Waals surface area contributed by atoms with E-state index >= 15 is 0 Å². The van der Waals surface area contributed by atoms with Gasteiger partial charge in [-0.05, 0) is 37.1 Å². The normalized spacial score (nSPS) is 16.3. The number of nitrogens with one attached hydrogen (secondary N) is 2. The van der Waals surface area contributed by atoms with Gasteiger partial charge in [0, 0.05) is 25.6 Å². The maximum absolute atomic E-state index is 13.7. The molecule has 2 aromatic carbocycles. The van der Waals surface area contributed by atoms with Gasteiger partial charge in [-0.3, -0.25) is 9.59 Å². The fourth-order valence-electron chi connectivity index (χ4n) is 3.68. The molecule has 4 rings (SSSR count). The van der Waals surface area contributed by atoms with Crippen LogP contribution in [0.15, 0.2) is 42.5 Å². The van der Waals surface area contributed by atoms with Gasteiger partial charge >= 0.3 is 0 Å². The first kappa shape index (κ1) is 19.0. The van der Waals surface area contributed by atoms with E-state index in [0.29, 0.717) is 12.6 Å². The number of rotatable bonds is 5. The molecule has 1 aromatic heterocycles. The predicted octanol–water partition coefficient (Wildman–Crippen LogP) is 3.32. The highest BCUT2D eigenvalue weighted by atomic mass is 19.1. The zero-order valence-corrected chi connectivity index (χ0v) is 15.6. The van der Waals surface area contributed by atoms with Gasteiger partial charge in [-0.1, -0.05) is 12.1 Å². The van der Waals surface area contributed by atoms with Gasteiger partial charge in [0.1, 0.15) is 17.5 Å². The summed E-state index contributed by atoms with van der Waals surface area (Å²) in [6.45, 7) is 0.693. The Bertz CT molecular complexity index is 1030. The summed E-state index contributed by atoms with van der Waals surface area (Å²) in [4.78, 5) is 34.4. The molecule has 0 saturated carbocycles. The van der Waals surface area contributed by atoms with Crippen molar-refractivity contribution in [1.82, 2.24) is 20.2 Å². The lowest BCUT2D eigenvalue weighted by molar-refractivity contribution is -0.132. The first-order valence-corrected chi connectivity index (χ1v) is 9.50. The topological polar surface area (TPSA) is 78.1 Å². The Labute approximate surface area is 165 Å². The van der Waals surface area contributed by atoms with Crippen LogP contribution in [0.5, 0.6) is 0 Å². The Morgan fingerprint density at radius 1 is 1.21 bits per heavy atom. The lowest BCUT2D eigenvalue weighted by atomic mass is 10.2. The van der Waals surface area contributed by atoms with Crippen LogP contribution in [-0.4, -0.2) is 39.8 Å². The van der Waals surface area contributed by atoms with E-state index in [9.17, 15) is 18.4 Å². The van der Waals surface area contributed by atoms with Gasteiger partial charge in [0.2, 0.25) is 5.91 Å². The number of fused-ring (bicyclic) bond motifs is 1. The van der Waals surface area contributed by atoms with Crippen LogP contribution >= 0.6 is 0 Å². The number of aromatic amines is 1. The SMILES string of the molecule is O=C(NCCC(=O)N1CCCC1c1nc2ccccc2[nH]1)c1ccc(F)cc1F. The number of hydrogen-bond acceptors (Lipinski definition) is 3. The Morgan fingerprint density at radius 2 is 2.03 bits per heavy atom. The van der Waals surface area contributed by atoms with Crippen molar-refractivity contribution in [3.8, 4) is 0 Å². The van der Waals surface area contributed by atoms with E-state index < -0.39 is 17.5 Å². The Kier molecular flexibility index (Phi) is 5.24. The Balaban J connectivity index is 1.37. The molecule has 2 amide bonds. The van der Waals surface area contributed by atoms with Crippen LogP contribution in [-0.2, 0) is 4.79 Å². The molecular weight excluding hydrogens is 378 g/mol. The molecule has 2 heterocycles. The molecule has 150 valence electrons. The third-order valence-electron chi connectivity index (χ3n) is 5.10. The first-order chi connectivity index (χ1) is 14.0. The summed E-state index contributed by atoms with van der Waals surface area (Å²) in [5.74, 6) is -1.70. The van der Waals surface area contributed by atoms with Crippen LogP contribution in [0.25, 0.3) is 11.0 Å². The highest BCUT2D eigenvalue weighted by Gasteiger charge is 2.31. The zero-order chi connectivity index (χ0) is 20.4. The number of amides is 2. The average molecular weight is 398 g/mol. The van der Waals surface area contributed by atoms with Gasteiger partial charge < -0.3 is 15.2 Å². The van der Waals surface area contributed by atoms with Gasteiger partial charge in [0.25, 0.3) is 5.91 Å². The van der Waals surface area contributed by atoms with Gasteiger partial charge in [-0.2, -0.15) is 0 Å². The number of carbonyl (C=O) groups excluding carboxylic acids is 2. The summed E-state index contributed by atoms with van der Waals surface area (Å²) in [5.41, 5.74) is 1.53. The number of halogens is 2. The number of hydrogen-bond donors (Lipinski definition) is 2. The van der Waals surface area contributed by atoms with E-state index in [-0.39, 0.29) is 30.5 Å². The molecule has 1 aliphatic heterocycles. The van der Waals surface area contributed by atoms with E-state index in [1.165, 1.54) is 0 Å². The van der Waals surface area contributed by atoms with Gasteiger partial charge in [0.15, 0.2) is 0 Å². The molecular formula is C21H20F2N4O2. The van der Waals surface area contributed by atoms with Crippen molar-refractivity contribution < 1.29 is 18.4 Å². The minimum atomic E-state index is -0.932. The minimum absolute atomic E-state index is 0.0673. The van der Waals surface area contributed by atoms with Crippen LogP contribution in [0.2, 0.25) is 0 Å². The fourth-order valence-corrected chi connectivity index (χ4v) is 3.68. The highest BCUT2D eigenvalue weighted by Crippen LogP contribution is 2.31. The average Bonchev–Trinajstić information content (AvgIpc) is 3.34. The second-order valence-electron chi connectivity index (χ2n) is 7.01. The fraction of sp³-hybridized carbons (Fsp3) is 0.286. The molecule has 8 heteroatoms. The molecule has 0 bridgehead atoms. The summed E-state index contributed by atoms with van der Waals surface area (Å²) >= 11 is 0. The third kappa shape index (κ3) is 3.96. The predicted molar refractivity (Wildman–Crippen MR) is 103 cm³/mol. The second-order valence-corrected chi connectivity index (χ2v) is 7.01. The maximum atomic E-state index is 13.7. The summed E-state index contributed by atoms with van der Waals surface area (Å²) in [7, 11) is 0. The van der Waals surface area contributed by atoms with Gasteiger partial charge in [-0.25, -0.2) is 13.8 Å². The van der Waals surface area contributed by atoms with E-state index in [1.54, 1.807) is 4.90 Å².